The highest BCUT2D eigenvalue weighted by Crippen LogP contribution is 2.13. The van der Waals surface area contributed by atoms with E-state index in [-0.39, 0.29) is 5.56 Å². The zero-order chi connectivity index (χ0) is 10.6. The van der Waals surface area contributed by atoms with Crippen molar-refractivity contribution in [1.82, 2.24) is 4.98 Å². The summed E-state index contributed by atoms with van der Waals surface area (Å²) in [5, 5.41) is 0. The number of rotatable bonds is 2. The van der Waals surface area contributed by atoms with Crippen molar-refractivity contribution in [2.45, 2.75) is 0 Å². The Bertz CT molecular complexity index is 393. The van der Waals surface area contributed by atoms with Crippen LogP contribution in [-0.4, -0.2) is 25.2 Å². The van der Waals surface area contributed by atoms with Crippen LogP contribution in [0.3, 0.4) is 0 Å². The molecule has 14 heavy (non-hydrogen) atoms. The third-order valence-electron chi connectivity index (χ3n) is 1.65. The molecule has 0 fully saturated rings. The molecule has 0 atom stereocenters. The lowest BCUT2D eigenvalue weighted by Gasteiger charge is -2.03. The second-order valence-electron chi connectivity index (χ2n) is 2.41. The van der Waals surface area contributed by atoms with Gasteiger partial charge in [0.05, 0.1) is 19.8 Å². The Kier molecular flexibility index (Phi) is 3.08. The molecule has 0 aromatic carbocycles. The number of pyridine rings is 1. The highest BCUT2D eigenvalue weighted by Gasteiger charge is 2.11. The number of esters is 1. The summed E-state index contributed by atoms with van der Waals surface area (Å²) in [4.78, 5) is 15.1. The third kappa shape index (κ3) is 1.83. The first kappa shape index (κ1) is 10.1. The van der Waals surface area contributed by atoms with E-state index in [1.54, 1.807) is 0 Å². The monoisotopic (exact) mass is 191 g/mol. The Morgan fingerprint density at radius 3 is 2.79 bits per heavy atom. The highest BCUT2D eigenvalue weighted by molar-refractivity contribution is 5.92. The number of carbonyl (C=O) groups is 1. The minimum Gasteiger partial charge on any atom is -0.481 e. The molecule has 0 radical (unpaired) electrons. The summed E-state index contributed by atoms with van der Waals surface area (Å²) >= 11 is 0. The van der Waals surface area contributed by atoms with Crippen LogP contribution in [0.2, 0.25) is 0 Å². The molecule has 0 aliphatic carbocycles. The molecule has 0 saturated heterocycles. The van der Waals surface area contributed by atoms with Crippen LogP contribution in [0.4, 0.5) is 0 Å². The maximum Gasteiger partial charge on any atom is 0.340 e. The third-order valence-corrected chi connectivity index (χ3v) is 1.65. The van der Waals surface area contributed by atoms with Gasteiger partial charge in [-0.15, -0.1) is 6.42 Å². The van der Waals surface area contributed by atoms with Crippen LogP contribution in [0.25, 0.3) is 0 Å². The second-order valence-corrected chi connectivity index (χ2v) is 2.41. The Hall–Kier alpha value is -2.02. The molecule has 1 heterocycles. The summed E-state index contributed by atoms with van der Waals surface area (Å²) in [6.07, 6.45) is 6.56. The highest BCUT2D eigenvalue weighted by atomic mass is 16.5. The van der Waals surface area contributed by atoms with Gasteiger partial charge >= 0.3 is 5.97 Å². The molecule has 72 valence electrons. The van der Waals surface area contributed by atoms with Crippen LogP contribution in [-0.2, 0) is 4.74 Å². The van der Waals surface area contributed by atoms with Gasteiger partial charge in [0.1, 0.15) is 0 Å². The number of aromatic nitrogens is 1. The molecule has 1 aromatic heterocycles. The van der Waals surface area contributed by atoms with Crippen molar-refractivity contribution in [3.63, 3.8) is 0 Å². The van der Waals surface area contributed by atoms with E-state index in [0.717, 1.165) is 0 Å². The van der Waals surface area contributed by atoms with Gasteiger partial charge in [0.2, 0.25) is 5.88 Å². The molecule has 1 rings (SSSR count). The first-order chi connectivity index (χ1) is 6.72. The van der Waals surface area contributed by atoms with Gasteiger partial charge in [-0.25, -0.2) is 9.78 Å². The van der Waals surface area contributed by atoms with Gasteiger partial charge in [0, 0.05) is 17.8 Å². The molecule has 0 amide bonds. The molecule has 4 heteroatoms. The van der Waals surface area contributed by atoms with Crippen molar-refractivity contribution < 1.29 is 14.3 Å². The minimum atomic E-state index is -0.506. The molecular weight excluding hydrogens is 182 g/mol. The molecule has 0 saturated carbocycles. The van der Waals surface area contributed by atoms with Crippen molar-refractivity contribution in [3.8, 4) is 18.2 Å². The summed E-state index contributed by atoms with van der Waals surface area (Å²) in [7, 11) is 2.76. The summed E-state index contributed by atoms with van der Waals surface area (Å²) in [5.74, 6) is 2.22. The predicted octanol–water partition coefficient (Wildman–Crippen LogP) is 0.858. The average molecular weight is 191 g/mol. The van der Waals surface area contributed by atoms with E-state index < -0.39 is 5.97 Å². The van der Waals surface area contributed by atoms with E-state index in [9.17, 15) is 4.79 Å². The van der Waals surface area contributed by atoms with Crippen LogP contribution in [0.15, 0.2) is 12.3 Å². The number of ether oxygens (including phenoxy) is 2. The molecule has 0 aliphatic rings. The van der Waals surface area contributed by atoms with E-state index in [1.165, 1.54) is 26.5 Å². The first-order valence-electron chi connectivity index (χ1n) is 3.82. The number of hydrogen-bond donors (Lipinski definition) is 0. The molecular formula is C10H9NO3. The molecule has 4 nitrogen and oxygen atoms in total. The molecule has 0 aliphatic heterocycles. The van der Waals surface area contributed by atoms with Gasteiger partial charge in [0.15, 0.2) is 0 Å². The number of carbonyl (C=O) groups excluding carboxylic acids is 1. The molecule has 0 N–H and O–H groups in total. The zero-order valence-corrected chi connectivity index (χ0v) is 7.90. The molecule has 0 spiro atoms. The first-order valence-corrected chi connectivity index (χ1v) is 3.82. The fourth-order valence-electron chi connectivity index (χ4n) is 0.940. The smallest absolute Gasteiger partial charge is 0.340 e. The van der Waals surface area contributed by atoms with Crippen LogP contribution < -0.4 is 4.74 Å². The Morgan fingerprint density at radius 2 is 2.29 bits per heavy atom. The SMILES string of the molecule is C#Cc1cc(OC)ncc1C(=O)OC. The molecule has 0 bridgehead atoms. The number of nitrogens with zero attached hydrogens (tertiary/aromatic N) is 1. The molecule has 0 unspecified atom stereocenters. The fraction of sp³-hybridized carbons (Fsp3) is 0.200. The van der Waals surface area contributed by atoms with Crippen molar-refractivity contribution in [2.75, 3.05) is 14.2 Å². The lowest BCUT2D eigenvalue weighted by Crippen LogP contribution is -2.05. The van der Waals surface area contributed by atoms with Crippen LogP contribution in [0.1, 0.15) is 15.9 Å². The van der Waals surface area contributed by atoms with Gasteiger partial charge in [-0.1, -0.05) is 5.92 Å². The van der Waals surface area contributed by atoms with Gasteiger partial charge in [-0.3, -0.25) is 0 Å². The van der Waals surface area contributed by atoms with E-state index in [1.807, 2.05) is 0 Å². The standard InChI is InChI=1S/C10H9NO3/c1-4-7-5-9(13-2)11-6-8(7)10(12)14-3/h1,5-6H,2-3H3. The maximum atomic E-state index is 11.2. The average Bonchev–Trinajstić information content (AvgIpc) is 2.27. The predicted molar refractivity (Wildman–Crippen MR) is 50.1 cm³/mol. The summed E-state index contributed by atoms with van der Waals surface area (Å²) in [6.45, 7) is 0. The summed E-state index contributed by atoms with van der Waals surface area (Å²) in [6, 6.07) is 1.51. The van der Waals surface area contributed by atoms with Gasteiger partial charge in [-0.05, 0) is 0 Å². The van der Waals surface area contributed by atoms with Crippen LogP contribution in [0, 0.1) is 12.3 Å². The van der Waals surface area contributed by atoms with Crippen molar-refractivity contribution in [3.05, 3.63) is 23.4 Å². The quantitative estimate of drug-likeness (QED) is 0.513. The zero-order valence-electron chi connectivity index (χ0n) is 7.90. The van der Waals surface area contributed by atoms with Gasteiger partial charge in [0.25, 0.3) is 0 Å². The van der Waals surface area contributed by atoms with E-state index in [2.05, 4.69) is 15.6 Å². The van der Waals surface area contributed by atoms with Gasteiger partial charge in [-0.2, -0.15) is 0 Å². The Morgan fingerprint density at radius 1 is 1.57 bits per heavy atom. The number of terminal acetylenes is 1. The maximum absolute atomic E-state index is 11.2. The van der Waals surface area contributed by atoms with E-state index in [0.29, 0.717) is 11.4 Å². The lowest BCUT2D eigenvalue weighted by molar-refractivity contribution is 0.0600. The minimum absolute atomic E-state index is 0.260. The van der Waals surface area contributed by atoms with Crippen LogP contribution >= 0.6 is 0 Å². The fourth-order valence-corrected chi connectivity index (χ4v) is 0.940. The van der Waals surface area contributed by atoms with E-state index >= 15 is 0 Å². The number of hydrogen-bond acceptors (Lipinski definition) is 4. The van der Waals surface area contributed by atoms with Crippen LogP contribution in [0.5, 0.6) is 5.88 Å². The number of methoxy groups -OCH3 is 2. The molecule has 1 aromatic rings. The Labute approximate surface area is 81.9 Å². The largest absolute Gasteiger partial charge is 0.481 e. The topological polar surface area (TPSA) is 48.4 Å². The van der Waals surface area contributed by atoms with Crippen molar-refractivity contribution in [2.24, 2.45) is 0 Å². The Balaban J connectivity index is 3.20. The van der Waals surface area contributed by atoms with E-state index in [4.69, 9.17) is 11.2 Å². The van der Waals surface area contributed by atoms with Crippen molar-refractivity contribution >= 4 is 5.97 Å². The van der Waals surface area contributed by atoms with Gasteiger partial charge < -0.3 is 9.47 Å². The normalized spacial score (nSPS) is 8.93. The summed E-state index contributed by atoms with van der Waals surface area (Å²) in [5.41, 5.74) is 0.666. The second kappa shape index (κ2) is 4.28. The lowest BCUT2D eigenvalue weighted by atomic mass is 10.1. The summed E-state index contributed by atoms with van der Waals surface area (Å²) < 4.78 is 9.40. The van der Waals surface area contributed by atoms with Crippen molar-refractivity contribution in [1.29, 1.82) is 0 Å².